The van der Waals surface area contributed by atoms with E-state index in [-0.39, 0.29) is 39.3 Å². The van der Waals surface area contributed by atoms with Gasteiger partial charge in [0.25, 0.3) is 5.91 Å². The molecule has 1 amide bonds. The van der Waals surface area contributed by atoms with E-state index < -0.39 is 16.3 Å². The minimum atomic E-state index is -4.00. The molecule has 3 rings (SSSR count). The van der Waals surface area contributed by atoms with E-state index in [0.717, 1.165) is 11.3 Å². The van der Waals surface area contributed by atoms with Crippen LogP contribution in [0.15, 0.2) is 37.6 Å². The lowest BCUT2D eigenvalue weighted by atomic mass is 9.85. The van der Waals surface area contributed by atoms with Crippen LogP contribution in [0.4, 0.5) is 5.69 Å². The van der Waals surface area contributed by atoms with E-state index in [1.54, 1.807) is 26.2 Å². The smallest absolute Gasteiger partial charge is 0.345 e. The van der Waals surface area contributed by atoms with E-state index in [1.165, 1.54) is 16.5 Å². The Kier molecular flexibility index (Phi) is 5.65. The van der Waals surface area contributed by atoms with Crippen LogP contribution in [0.1, 0.15) is 42.2 Å². The van der Waals surface area contributed by atoms with Gasteiger partial charge in [0.1, 0.15) is 16.7 Å². The van der Waals surface area contributed by atoms with Gasteiger partial charge in [-0.3, -0.25) is 9.79 Å². The van der Waals surface area contributed by atoms with Gasteiger partial charge in [0.2, 0.25) is 0 Å². The maximum Gasteiger partial charge on any atom is 0.345 e. The fourth-order valence-electron chi connectivity index (χ4n) is 2.71. The summed E-state index contributed by atoms with van der Waals surface area (Å²) < 4.78 is 35.6. The zero-order chi connectivity index (χ0) is 22.3. The lowest BCUT2D eigenvalue weighted by Crippen LogP contribution is -2.32. The molecule has 10 nitrogen and oxygen atoms in total. The number of nitrogens with zero attached hydrogens (tertiary/aromatic N) is 3. The molecule has 0 aliphatic carbocycles. The van der Waals surface area contributed by atoms with Gasteiger partial charge in [0.15, 0.2) is 17.4 Å². The van der Waals surface area contributed by atoms with Crippen molar-refractivity contribution in [2.45, 2.75) is 26.8 Å². The number of furan rings is 1. The van der Waals surface area contributed by atoms with Gasteiger partial charge in [-0.15, -0.1) is 15.7 Å². The maximum atomic E-state index is 12.1. The molecule has 3 N–H and O–H groups in total. The molecule has 1 aliphatic heterocycles. The number of carbonyl (C=O) groups is 1. The monoisotopic (exact) mass is 453 g/mol. The van der Waals surface area contributed by atoms with Crippen molar-refractivity contribution in [2.24, 2.45) is 14.8 Å². The number of amidine groups is 2. The highest BCUT2D eigenvalue weighted by Crippen LogP contribution is 2.38. The van der Waals surface area contributed by atoms with Crippen LogP contribution in [0.2, 0.25) is 0 Å². The second-order valence-electron chi connectivity index (χ2n) is 7.93. The Hall–Kier alpha value is -2.86. The van der Waals surface area contributed by atoms with Crippen molar-refractivity contribution in [3.63, 3.8) is 0 Å². The Morgan fingerprint density at radius 3 is 2.67 bits per heavy atom. The first-order valence-electron chi connectivity index (χ1n) is 8.92. The SMILES string of the molecule is CN(C)C(=O)c1scc(NC2=NS(=O)(=O)NC2=N[C@@H](c2ccco2)C(C)(C)C)c1O. The van der Waals surface area contributed by atoms with Crippen LogP contribution < -0.4 is 10.0 Å². The summed E-state index contributed by atoms with van der Waals surface area (Å²) in [6, 6.07) is 2.99. The van der Waals surface area contributed by atoms with Crippen molar-refractivity contribution in [2.75, 3.05) is 19.4 Å². The lowest BCUT2D eigenvalue weighted by molar-refractivity contribution is 0.0829. The van der Waals surface area contributed by atoms with Gasteiger partial charge < -0.3 is 19.7 Å². The van der Waals surface area contributed by atoms with Crippen molar-refractivity contribution < 1.29 is 22.7 Å². The van der Waals surface area contributed by atoms with E-state index in [9.17, 15) is 18.3 Å². The summed E-state index contributed by atoms with van der Waals surface area (Å²) in [5.74, 6) is -0.199. The number of aromatic hydroxyl groups is 1. The number of anilines is 1. The maximum absolute atomic E-state index is 12.1. The molecule has 0 aromatic carbocycles. The fraction of sp³-hybridized carbons (Fsp3) is 0.389. The van der Waals surface area contributed by atoms with Crippen LogP contribution >= 0.6 is 11.3 Å². The topological polar surface area (TPSA) is 137 Å². The predicted molar refractivity (Wildman–Crippen MR) is 115 cm³/mol. The van der Waals surface area contributed by atoms with E-state index in [1.807, 2.05) is 20.8 Å². The van der Waals surface area contributed by atoms with Crippen LogP contribution in [-0.2, 0) is 10.2 Å². The summed E-state index contributed by atoms with van der Waals surface area (Å²) in [5, 5.41) is 14.7. The van der Waals surface area contributed by atoms with Gasteiger partial charge >= 0.3 is 10.2 Å². The average molecular weight is 454 g/mol. The number of carbonyl (C=O) groups excluding carboxylic acids is 1. The number of rotatable bonds is 4. The Morgan fingerprint density at radius 2 is 2.10 bits per heavy atom. The number of aliphatic imine (C=N–C) groups is 1. The molecule has 1 aliphatic rings. The van der Waals surface area contributed by atoms with E-state index in [2.05, 4.69) is 19.4 Å². The first-order valence-corrected chi connectivity index (χ1v) is 11.2. The third kappa shape index (κ3) is 4.49. The van der Waals surface area contributed by atoms with Crippen LogP contribution in [0.25, 0.3) is 0 Å². The molecule has 30 heavy (non-hydrogen) atoms. The molecule has 12 heteroatoms. The first kappa shape index (κ1) is 21.8. The van der Waals surface area contributed by atoms with Crippen LogP contribution in [0.5, 0.6) is 5.75 Å². The predicted octanol–water partition coefficient (Wildman–Crippen LogP) is 2.59. The van der Waals surface area contributed by atoms with E-state index in [4.69, 9.17) is 4.42 Å². The van der Waals surface area contributed by atoms with Crippen molar-refractivity contribution in [3.05, 3.63) is 34.4 Å². The third-order valence-electron chi connectivity index (χ3n) is 4.17. The highest BCUT2D eigenvalue weighted by molar-refractivity contribution is 7.89. The van der Waals surface area contributed by atoms with Crippen molar-refractivity contribution in [1.82, 2.24) is 9.62 Å². The highest BCUT2D eigenvalue weighted by atomic mass is 32.2. The molecule has 0 bridgehead atoms. The van der Waals surface area contributed by atoms with E-state index in [0.29, 0.717) is 5.76 Å². The van der Waals surface area contributed by atoms with Gasteiger partial charge in [-0.25, -0.2) is 4.72 Å². The van der Waals surface area contributed by atoms with E-state index >= 15 is 0 Å². The van der Waals surface area contributed by atoms with Crippen LogP contribution in [-0.4, -0.2) is 50.1 Å². The molecule has 1 atom stereocenters. The molecular weight excluding hydrogens is 430 g/mol. The zero-order valence-electron chi connectivity index (χ0n) is 17.1. The molecule has 0 saturated carbocycles. The Balaban J connectivity index is 1.97. The summed E-state index contributed by atoms with van der Waals surface area (Å²) in [4.78, 5) is 18.2. The van der Waals surface area contributed by atoms with Gasteiger partial charge in [0, 0.05) is 19.5 Å². The van der Waals surface area contributed by atoms with Gasteiger partial charge in [-0.1, -0.05) is 20.8 Å². The fourth-order valence-corrected chi connectivity index (χ4v) is 4.43. The largest absolute Gasteiger partial charge is 0.504 e. The highest BCUT2D eigenvalue weighted by Gasteiger charge is 2.34. The number of nitrogens with one attached hydrogen (secondary N) is 2. The average Bonchev–Trinajstić information content (AvgIpc) is 3.32. The minimum Gasteiger partial charge on any atom is -0.504 e. The zero-order valence-corrected chi connectivity index (χ0v) is 18.8. The molecule has 0 fully saturated rings. The second kappa shape index (κ2) is 7.76. The summed E-state index contributed by atoms with van der Waals surface area (Å²) in [6.07, 6.45) is 1.52. The summed E-state index contributed by atoms with van der Waals surface area (Å²) in [5.41, 5.74) is -0.236. The van der Waals surface area contributed by atoms with Crippen molar-refractivity contribution in [1.29, 1.82) is 0 Å². The number of hydrogen-bond acceptors (Lipinski definition) is 8. The Bertz CT molecular complexity index is 1110. The summed E-state index contributed by atoms with van der Waals surface area (Å²) >= 11 is 1.03. The molecule has 0 spiro atoms. The van der Waals surface area contributed by atoms with Crippen LogP contribution in [0.3, 0.4) is 0 Å². The minimum absolute atomic E-state index is 0.0163. The molecule has 0 radical (unpaired) electrons. The first-order chi connectivity index (χ1) is 13.9. The summed E-state index contributed by atoms with van der Waals surface area (Å²) in [6.45, 7) is 5.84. The molecular formula is C18H23N5O5S2. The summed E-state index contributed by atoms with van der Waals surface area (Å²) in [7, 11) is -0.865. The molecule has 0 saturated heterocycles. The van der Waals surface area contributed by atoms with Crippen LogP contribution in [0, 0.1) is 5.41 Å². The van der Waals surface area contributed by atoms with Gasteiger partial charge in [-0.2, -0.15) is 8.42 Å². The van der Waals surface area contributed by atoms with Crippen molar-refractivity contribution >= 4 is 44.8 Å². The second-order valence-corrected chi connectivity index (χ2v) is 10.1. The number of thiophene rings is 1. The standard InChI is InChI=1S/C18H23N5O5S2/c1-18(2,3)14(11-7-6-8-28-11)20-16-15(21-30(26,27)22-16)19-10-9-29-13(12(10)24)17(25)23(4)5/h6-9,14,24H,1-5H3,(H,19,21)(H,20,22)/t14-/m0/s1. The molecule has 2 aromatic rings. The number of amides is 1. The quantitative estimate of drug-likeness (QED) is 0.651. The number of hydrogen-bond donors (Lipinski definition) is 3. The normalized spacial score (nSPS) is 18.0. The molecule has 3 heterocycles. The molecule has 0 unspecified atom stereocenters. The Morgan fingerprint density at radius 1 is 1.40 bits per heavy atom. The van der Waals surface area contributed by atoms with Gasteiger partial charge in [-0.05, 0) is 17.5 Å². The Labute approximate surface area is 178 Å². The van der Waals surface area contributed by atoms with Gasteiger partial charge in [0.05, 0.1) is 12.0 Å². The molecule has 2 aromatic heterocycles. The third-order valence-corrected chi connectivity index (χ3v) is 6.00. The van der Waals surface area contributed by atoms with Crippen molar-refractivity contribution in [3.8, 4) is 5.75 Å². The molecule has 162 valence electrons. The lowest BCUT2D eigenvalue weighted by Gasteiger charge is -2.26.